The number of alkyl halides is 2. The molecule has 10 rings (SSSR count). The molecule has 7 heterocycles. The Hall–Kier alpha value is -5.86. The fourth-order valence-corrected chi connectivity index (χ4v) is 14.8. The second kappa shape index (κ2) is 19.6. The number of amides is 2. The third-order valence-electron chi connectivity index (χ3n) is 17.9. The number of nitrogens with zero attached hydrogens (tertiary/aromatic N) is 11. The molecule has 1 N–H and O–H groups in total. The first-order chi connectivity index (χ1) is 35.5. The maximum absolute atomic E-state index is 14.9. The SMILES string of the molecule is CC(=O)N1CCC2C(C1)C(N1CCCc3cc(-c4cnn(C)c4)c(C(F)F)cc31)=NN2C1CCN(CC2C(C)(C)CN(c3cnc(C(=O)NC4C(C)(C)C(Oc5ccc(C#N)c(Cl)c5)C4(C)C)cn3)CC2(C)C)CC1. The molecule has 15 nitrogen and oxygen atoms in total. The first kappa shape index (κ1) is 52.6. The van der Waals surface area contributed by atoms with Crippen molar-refractivity contribution >= 4 is 40.8 Å². The highest BCUT2D eigenvalue weighted by molar-refractivity contribution is 6.31. The number of carbonyl (C=O) groups excluding carboxylic acids is 2. The molecule has 5 aliphatic heterocycles. The lowest BCUT2D eigenvalue weighted by Crippen LogP contribution is -2.74. The summed E-state index contributed by atoms with van der Waals surface area (Å²) in [6, 6.07) is 10.9. The summed E-state index contributed by atoms with van der Waals surface area (Å²) in [6.07, 6.45) is 8.27. The summed E-state index contributed by atoms with van der Waals surface area (Å²) in [4.78, 5) is 45.2. The van der Waals surface area contributed by atoms with Crippen LogP contribution in [0.4, 0.5) is 20.3 Å². The minimum Gasteiger partial charge on any atom is -0.489 e. The van der Waals surface area contributed by atoms with Gasteiger partial charge in [0.25, 0.3) is 12.3 Å². The molecule has 2 unspecified atom stereocenters. The summed E-state index contributed by atoms with van der Waals surface area (Å²) < 4.78 is 37.8. The lowest BCUT2D eigenvalue weighted by atomic mass is 9.49. The van der Waals surface area contributed by atoms with E-state index in [-0.39, 0.29) is 64.0 Å². The Labute approximate surface area is 445 Å². The second-order valence-corrected chi connectivity index (χ2v) is 25.2. The van der Waals surface area contributed by atoms with E-state index in [4.69, 9.17) is 26.4 Å². The number of nitrogens with one attached hydrogen (secondary N) is 1. The minimum absolute atomic E-state index is 0.00209. The molecule has 3 saturated heterocycles. The Balaban J connectivity index is 0.781. The topological polar surface area (TPSA) is 151 Å². The molecule has 0 radical (unpaired) electrons. The number of piperidine rings is 3. The minimum atomic E-state index is -2.66. The molecule has 2 amide bonds. The zero-order valence-electron chi connectivity index (χ0n) is 45.2. The molecule has 2 aromatic heterocycles. The monoisotopic (exact) mass is 1050 g/mol. The van der Waals surface area contributed by atoms with Crippen molar-refractivity contribution in [1.29, 1.82) is 5.26 Å². The van der Waals surface area contributed by atoms with Crippen molar-refractivity contribution in [2.24, 2.45) is 45.6 Å². The number of nitriles is 1. The van der Waals surface area contributed by atoms with E-state index in [9.17, 15) is 23.6 Å². The average Bonchev–Trinajstić information content (AvgIpc) is 3.98. The number of halogens is 3. The number of aryl methyl sites for hydroxylation is 2. The van der Waals surface area contributed by atoms with Gasteiger partial charge in [0.1, 0.15) is 35.3 Å². The second-order valence-electron chi connectivity index (χ2n) is 24.8. The van der Waals surface area contributed by atoms with Gasteiger partial charge in [-0.3, -0.25) is 19.3 Å². The summed E-state index contributed by atoms with van der Waals surface area (Å²) in [6.45, 7) is 25.8. The zero-order valence-corrected chi connectivity index (χ0v) is 46.0. The Morgan fingerprint density at radius 1 is 0.933 bits per heavy atom. The molecule has 6 aliphatic rings. The van der Waals surface area contributed by atoms with Gasteiger partial charge in [0.2, 0.25) is 5.91 Å². The van der Waals surface area contributed by atoms with E-state index in [1.807, 2.05) is 11.0 Å². The fourth-order valence-electron chi connectivity index (χ4n) is 14.5. The van der Waals surface area contributed by atoms with Crippen molar-refractivity contribution < 1.29 is 23.1 Å². The number of rotatable bonds is 10. The molecule has 4 aromatic rings. The van der Waals surface area contributed by atoms with Crippen LogP contribution in [0.5, 0.6) is 5.75 Å². The van der Waals surface area contributed by atoms with Gasteiger partial charge >= 0.3 is 0 Å². The molecule has 75 heavy (non-hydrogen) atoms. The highest BCUT2D eigenvalue weighted by atomic mass is 35.5. The van der Waals surface area contributed by atoms with Crippen molar-refractivity contribution in [3.63, 3.8) is 0 Å². The lowest BCUT2D eigenvalue weighted by Gasteiger charge is -2.63. The van der Waals surface area contributed by atoms with Gasteiger partial charge in [0.05, 0.1) is 41.1 Å². The fraction of sp³-hybridized carbons (Fsp3) is 0.596. The highest BCUT2D eigenvalue weighted by Gasteiger charge is 2.64. The van der Waals surface area contributed by atoms with Crippen molar-refractivity contribution in [2.75, 3.05) is 62.2 Å². The smallest absolute Gasteiger partial charge is 0.271 e. The molecule has 2 aromatic carbocycles. The van der Waals surface area contributed by atoms with E-state index in [0.717, 1.165) is 87.7 Å². The number of hydrogen-bond donors (Lipinski definition) is 1. The number of carbonyl (C=O) groups is 2. The van der Waals surface area contributed by atoms with Crippen LogP contribution in [0.2, 0.25) is 5.02 Å². The number of benzene rings is 2. The van der Waals surface area contributed by atoms with E-state index in [1.54, 1.807) is 67.7 Å². The van der Waals surface area contributed by atoms with Gasteiger partial charge in [-0.15, -0.1) is 0 Å². The van der Waals surface area contributed by atoms with Crippen LogP contribution in [0.15, 0.2) is 60.2 Å². The van der Waals surface area contributed by atoms with Crippen LogP contribution in [-0.2, 0) is 18.3 Å². The Bertz CT molecular complexity index is 2870. The Kier molecular flexibility index (Phi) is 13.7. The van der Waals surface area contributed by atoms with E-state index >= 15 is 0 Å². The predicted molar refractivity (Wildman–Crippen MR) is 287 cm³/mol. The Morgan fingerprint density at radius 2 is 1.65 bits per heavy atom. The number of hydrazone groups is 1. The van der Waals surface area contributed by atoms with Crippen molar-refractivity contribution in [3.8, 4) is 22.9 Å². The van der Waals surface area contributed by atoms with Gasteiger partial charge in [-0.2, -0.15) is 15.5 Å². The summed E-state index contributed by atoms with van der Waals surface area (Å²) in [7, 11) is 1.80. The van der Waals surface area contributed by atoms with Crippen molar-refractivity contribution in [2.45, 2.75) is 125 Å². The number of anilines is 2. The molecule has 0 bridgehead atoms. The van der Waals surface area contributed by atoms with Crippen LogP contribution in [0.1, 0.15) is 122 Å². The molecule has 0 spiro atoms. The van der Waals surface area contributed by atoms with Crippen LogP contribution >= 0.6 is 11.6 Å². The van der Waals surface area contributed by atoms with E-state index in [1.165, 1.54) is 0 Å². The normalized spacial score (nSPS) is 25.3. The molecule has 1 saturated carbocycles. The molecular weight excluding hydrogens is 974 g/mol. The maximum Gasteiger partial charge on any atom is 0.271 e. The number of hydrogen-bond acceptors (Lipinski definition) is 12. The first-order valence-electron chi connectivity index (χ1n) is 26.8. The first-order valence-corrected chi connectivity index (χ1v) is 27.1. The van der Waals surface area contributed by atoms with Crippen LogP contribution in [0.3, 0.4) is 0 Å². The van der Waals surface area contributed by atoms with Gasteiger partial charge in [0.15, 0.2) is 0 Å². The van der Waals surface area contributed by atoms with E-state index < -0.39 is 17.3 Å². The molecular formula is C57H73ClF2N12O3. The molecule has 1 aliphatic carbocycles. The average molecular weight is 1050 g/mol. The van der Waals surface area contributed by atoms with Gasteiger partial charge in [-0.25, -0.2) is 18.7 Å². The third-order valence-corrected chi connectivity index (χ3v) is 18.2. The highest BCUT2D eigenvalue weighted by Crippen LogP contribution is 2.56. The largest absolute Gasteiger partial charge is 0.489 e. The summed E-state index contributed by atoms with van der Waals surface area (Å²) in [5.41, 5.74) is 2.71. The van der Waals surface area contributed by atoms with Crippen LogP contribution in [0, 0.1) is 44.8 Å². The maximum atomic E-state index is 14.9. The number of aromatic nitrogens is 4. The third kappa shape index (κ3) is 9.72. The van der Waals surface area contributed by atoms with Crippen LogP contribution < -0.4 is 19.9 Å². The van der Waals surface area contributed by atoms with E-state index in [0.29, 0.717) is 53.0 Å². The quantitative estimate of drug-likeness (QED) is 0.162. The summed E-state index contributed by atoms with van der Waals surface area (Å²) in [5.74, 6) is 2.36. The van der Waals surface area contributed by atoms with E-state index in [2.05, 4.69) is 96.6 Å². The van der Waals surface area contributed by atoms with Crippen molar-refractivity contribution in [1.82, 2.24) is 39.9 Å². The number of amidine groups is 1. The lowest BCUT2D eigenvalue weighted by molar-refractivity contribution is -0.164. The van der Waals surface area contributed by atoms with Crippen LogP contribution in [0.25, 0.3) is 11.1 Å². The predicted octanol–water partition coefficient (Wildman–Crippen LogP) is 9.22. The van der Waals surface area contributed by atoms with Gasteiger partial charge in [-0.05, 0) is 84.2 Å². The number of fused-ring (bicyclic) bond motifs is 2. The van der Waals surface area contributed by atoms with Crippen molar-refractivity contribution in [3.05, 3.63) is 82.5 Å². The number of likely N-dealkylation sites (tertiary alicyclic amines) is 2. The molecule has 18 heteroatoms. The molecule has 400 valence electrons. The summed E-state index contributed by atoms with van der Waals surface area (Å²) >= 11 is 6.30. The van der Waals surface area contributed by atoms with Crippen LogP contribution in [-0.4, -0.2) is 129 Å². The zero-order chi connectivity index (χ0) is 53.5. The molecule has 2 atom stereocenters. The molecule has 4 fully saturated rings. The van der Waals surface area contributed by atoms with Gasteiger partial charge in [0, 0.05) is 118 Å². The van der Waals surface area contributed by atoms with Gasteiger partial charge < -0.3 is 29.7 Å². The summed E-state index contributed by atoms with van der Waals surface area (Å²) in [5, 5.41) is 25.0. The Morgan fingerprint density at radius 3 is 2.27 bits per heavy atom. The standard InChI is InChI=1S/C57H73ClF2N12O3/c1-34(73)69-21-17-45-42(30-69)50(71-18-11-12-35-22-40(37-26-64-67(10)29-37)41(49(59)60)24-46(35)71)66-72(45)38-15-19-68(20-16-38)31-47-54(2,3)32-70(33-55(47,4)5)48-28-62-44(27-63-48)51(74)65-52-56(6,7)53(57(52,8)9)75-39-14-13-36(25-61)43(58)23-39/h13-14,22-24,26-29,38,42,45,47,49,52-53H,11-12,15-21,30-33H2,1-10H3,(H,65,74). The number of ether oxygens (including phenoxy) is 1. The van der Waals surface area contributed by atoms with Gasteiger partial charge in [-0.1, -0.05) is 67.0 Å².